The molecule has 0 saturated carbocycles. The van der Waals surface area contributed by atoms with Crippen molar-refractivity contribution in [3.63, 3.8) is 0 Å². The Bertz CT molecular complexity index is 598. The highest BCUT2D eigenvalue weighted by Gasteiger charge is 2.49. The number of benzene rings is 1. The fourth-order valence-corrected chi connectivity index (χ4v) is 3.27. The molecule has 3 rings (SSSR count). The van der Waals surface area contributed by atoms with Gasteiger partial charge < -0.3 is 0 Å². The Hall–Kier alpha value is -1.90. The Kier molecular flexibility index (Phi) is 3.00. The number of nitrogens with zero attached hydrogens (tertiary/aromatic N) is 1. The van der Waals surface area contributed by atoms with Crippen LogP contribution in [-0.2, 0) is 9.59 Å². The van der Waals surface area contributed by atoms with E-state index in [0.717, 1.165) is 18.4 Å². The van der Waals surface area contributed by atoms with Crippen LogP contribution in [0.2, 0.25) is 0 Å². The zero-order chi connectivity index (χ0) is 14.4. The molecule has 1 fully saturated rings. The summed E-state index contributed by atoms with van der Waals surface area (Å²) in [6.45, 7) is 6.11. The molecule has 3 heteroatoms. The monoisotopic (exact) mass is 269 g/mol. The number of allylic oxidation sites excluding steroid dienone is 2. The second kappa shape index (κ2) is 4.58. The lowest BCUT2D eigenvalue weighted by Gasteiger charge is -2.23. The molecule has 1 aliphatic heterocycles. The quantitative estimate of drug-likeness (QED) is 0.580. The summed E-state index contributed by atoms with van der Waals surface area (Å²) in [5.41, 5.74) is 4.30. The van der Waals surface area contributed by atoms with Crippen LogP contribution in [0.5, 0.6) is 0 Å². The van der Waals surface area contributed by atoms with Gasteiger partial charge in [0.25, 0.3) is 0 Å². The zero-order valence-corrected chi connectivity index (χ0v) is 12.1. The van der Waals surface area contributed by atoms with E-state index in [2.05, 4.69) is 13.8 Å². The van der Waals surface area contributed by atoms with Gasteiger partial charge in [0.15, 0.2) is 0 Å². The molecular weight excluding hydrogens is 250 g/mol. The molecule has 2 unspecified atom stereocenters. The van der Waals surface area contributed by atoms with Crippen LogP contribution in [0.1, 0.15) is 32.3 Å². The second-order valence-electron chi connectivity index (χ2n) is 6.03. The van der Waals surface area contributed by atoms with Crippen molar-refractivity contribution in [3.05, 3.63) is 41.0 Å². The summed E-state index contributed by atoms with van der Waals surface area (Å²) in [5, 5.41) is 0. The zero-order valence-electron chi connectivity index (χ0n) is 12.1. The average molecular weight is 269 g/mol. The number of rotatable bonds is 1. The first-order valence-electron chi connectivity index (χ1n) is 7.08. The molecular formula is C17H19NO2. The van der Waals surface area contributed by atoms with E-state index < -0.39 is 0 Å². The number of anilines is 1. The molecule has 0 spiro atoms. The first-order chi connectivity index (χ1) is 9.49. The number of hydrogen-bond donors (Lipinski definition) is 0. The molecule has 0 bridgehead atoms. The average Bonchev–Trinajstić information content (AvgIpc) is 2.63. The van der Waals surface area contributed by atoms with E-state index in [-0.39, 0.29) is 23.7 Å². The Balaban J connectivity index is 1.98. The summed E-state index contributed by atoms with van der Waals surface area (Å²) in [7, 11) is 0. The van der Waals surface area contributed by atoms with Crippen LogP contribution in [0.25, 0.3) is 0 Å². The molecule has 0 aromatic heterocycles. The van der Waals surface area contributed by atoms with E-state index >= 15 is 0 Å². The second-order valence-corrected chi connectivity index (χ2v) is 6.03. The summed E-state index contributed by atoms with van der Waals surface area (Å²) in [4.78, 5) is 26.6. The fourth-order valence-electron chi connectivity index (χ4n) is 3.27. The number of carbonyl (C=O) groups excluding carboxylic acids is 2. The van der Waals surface area contributed by atoms with Crippen LogP contribution < -0.4 is 4.90 Å². The smallest absolute Gasteiger partial charge is 0.238 e. The van der Waals surface area contributed by atoms with Crippen LogP contribution in [-0.4, -0.2) is 11.8 Å². The van der Waals surface area contributed by atoms with E-state index in [0.29, 0.717) is 5.69 Å². The van der Waals surface area contributed by atoms with Crippen LogP contribution in [0.3, 0.4) is 0 Å². The van der Waals surface area contributed by atoms with Crippen LogP contribution >= 0.6 is 0 Å². The maximum absolute atomic E-state index is 12.6. The van der Waals surface area contributed by atoms with Crippen molar-refractivity contribution >= 4 is 17.5 Å². The van der Waals surface area contributed by atoms with Crippen molar-refractivity contribution in [3.8, 4) is 0 Å². The molecule has 1 aliphatic carbocycles. The Morgan fingerprint density at radius 1 is 0.950 bits per heavy atom. The summed E-state index contributed by atoms with van der Waals surface area (Å²) in [6, 6.07) is 7.60. The van der Waals surface area contributed by atoms with Gasteiger partial charge in [0.2, 0.25) is 11.8 Å². The third kappa shape index (κ3) is 1.89. The van der Waals surface area contributed by atoms with Crippen LogP contribution in [0.4, 0.5) is 5.69 Å². The highest BCUT2D eigenvalue weighted by molar-refractivity contribution is 6.22. The molecule has 1 aromatic rings. The van der Waals surface area contributed by atoms with Gasteiger partial charge in [0.05, 0.1) is 17.5 Å². The van der Waals surface area contributed by atoms with E-state index in [1.54, 1.807) is 0 Å². The third-order valence-corrected chi connectivity index (χ3v) is 4.60. The van der Waals surface area contributed by atoms with Gasteiger partial charge in [0.1, 0.15) is 0 Å². The molecule has 0 N–H and O–H groups in total. The summed E-state index contributed by atoms with van der Waals surface area (Å²) in [5.74, 6) is -0.381. The largest absolute Gasteiger partial charge is 0.274 e. The van der Waals surface area contributed by atoms with Crippen molar-refractivity contribution in [2.24, 2.45) is 11.8 Å². The molecule has 2 atom stereocenters. The van der Waals surface area contributed by atoms with E-state index in [9.17, 15) is 9.59 Å². The number of carbonyl (C=O) groups is 2. The highest BCUT2D eigenvalue weighted by atomic mass is 16.2. The van der Waals surface area contributed by atoms with Gasteiger partial charge in [-0.15, -0.1) is 0 Å². The van der Waals surface area contributed by atoms with Crippen LogP contribution in [0.15, 0.2) is 35.4 Å². The molecule has 2 aliphatic rings. The number of imide groups is 1. The SMILES string of the molecule is CC1=C(C)CC2C(=O)N(c3cccc(C)c3)C(=O)C2C1. The van der Waals surface area contributed by atoms with Gasteiger partial charge in [-0.25, -0.2) is 0 Å². The number of fused-ring (bicyclic) bond motifs is 1. The minimum atomic E-state index is -0.160. The Morgan fingerprint density at radius 3 is 2.00 bits per heavy atom. The van der Waals surface area contributed by atoms with Gasteiger partial charge in [-0.05, 0) is 51.3 Å². The van der Waals surface area contributed by atoms with Gasteiger partial charge in [-0.3, -0.25) is 14.5 Å². The maximum Gasteiger partial charge on any atom is 0.238 e. The molecule has 2 amide bonds. The molecule has 20 heavy (non-hydrogen) atoms. The molecule has 1 aromatic carbocycles. The van der Waals surface area contributed by atoms with Crippen molar-refractivity contribution in [2.75, 3.05) is 4.90 Å². The van der Waals surface area contributed by atoms with Crippen LogP contribution in [0, 0.1) is 18.8 Å². The fraction of sp³-hybridized carbons (Fsp3) is 0.412. The van der Waals surface area contributed by atoms with Gasteiger partial charge in [-0.1, -0.05) is 23.3 Å². The Morgan fingerprint density at radius 2 is 1.50 bits per heavy atom. The molecule has 1 saturated heterocycles. The standard InChI is InChI=1S/C17H19NO2/c1-10-5-4-6-13(7-10)18-16(19)14-8-11(2)12(3)9-15(14)17(18)20/h4-7,14-15H,8-9H2,1-3H3. The van der Waals surface area contributed by atoms with Gasteiger partial charge in [-0.2, -0.15) is 0 Å². The van der Waals surface area contributed by atoms with E-state index in [1.807, 2.05) is 31.2 Å². The van der Waals surface area contributed by atoms with Crippen molar-refractivity contribution in [1.82, 2.24) is 0 Å². The molecule has 1 heterocycles. The molecule has 104 valence electrons. The lowest BCUT2D eigenvalue weighted by Crippen LogP contribution is -2.30. The minimum absolute atomic E-state index is 0.0301. The molecule has 3 nitrogen and oxygen atoms in total. The lowest BCUT2D eigenvalue weighted by molar-refractivity contribution is -0.122. The third-order valence-electron chi connectivity index (χ3n) is 4.60. The first kappa shape index (κ1) is 13.1. The van der Waals surface area contributed by atoms with E-state index in [1.165, 1.54) is 16.0 Å². The normalized spacial score (nSPS) is 26.2. The summed E-state index contributed by atoms with van der Waals surface area (Å²) < 4.78 is 0. The van der Waals surface area contributed by atoms with Crippen molar-refractivity contribution in [2.45, 2.75) is 33.6 Å². The number of hydrogen-bond acceptors (Lipinski definition) is 2. The first-order valence-corrected chi connectivity index (χ1v) is 7.08. The number of aryl methyl sites for hydroxylation is 1. The Labute approximate surface area is 119 Å². The van der Waals surface area contributed by atoms with Gasteiger partial charge in [0, 0.05) is 0 Å². The predicted molar refractivity (Wildman–Crippen MR) is 78.3 cm³/mol. The number of amides is 2. The summed E-state index contributed by atoms with van der Waals surface area (Å²) >= 11 is 0. The highest BCUT2D eigenvalue weighted by Crippen LogP contribution is 2.42. The topological polar surface area (TPSA) is 37.4 Å². The maximum atomic E-state index is 12.6. The van der Waals surface area contributed by atoms with Gasteiger partial charge >= 0.3 is 0 Å². The predicted octanol–water partition coefficient (Wildman–Crippen LogP) is 3.23. The van der Waals surface area contributed by atoms with Crippen molar-refractivity contribution in [1.29, 1.82) is 0 Å². The minimum Gasteiger partial charge on any atom is -0.274 e. The summed E-state index contributed by atoms with van der Waals surface area (Å²) in [6.07, 6.45) is 1.45. The lowest BCUT2D eigenvalue weighted by atomic mass is 9.78. The van der Waals surface area contributed by atoms with E-state index in [4.69, 9.17) is 0 Å². The van der Waals surface area contributed by atoms with Crippen molar-refractivity contribution < 1.29 is 9.59 Å². The molecule has 0 radical (unpaired) electrons.